The fourth-order valence-electron chi connectivity index (χ4n) is 1.04. The number of hydrogen-bond acceptors (Lipinski definition) is 3. The molecule has 0 saturated carbocycles. The van der Waals surface area contributed by atoms with E-state index in [-0.39, 0.29) is 11.7 Å². The molecule has 1 aromatic rings. The molecule has 0 aliphatic rings. The van der Waals surface area contributed by atoms with E-state index in [2.05, 4.69) is 5.32 Å². The summed E-state index contributed by atoms with van der Waals surface area (Å²) in [6, 6.07) is 6.92. The van der Waals surface area contributed by atoms with Crippen molar-refractivity contribution in [3.05, 3.63) is 36.1 Å². The number of hydrogen-bond donors (Lipinski definition) is 2. The second kappa shape index (κ2) is 5.05. The van der Waals surface area contributed by atoms with E-state index >= 15 is 0 Å². The predicted octanol–water partition coefficient (Wildman–Crippen LogP) is 2.10. The first-order valence-electron chi connectivity index (χ1n) is 4.44. The Hall–Kier alpha value is -1.97. The van der Waals surface area contributed by atoms with Crippen LogP contribution in [0.15, 0.2) is 36.1 Å². The van der Waals surface area contributed by atoms with Gasteiger partial charge in [-0.3, -0.25) is 4.79 Å². The van der Waals surface area contributed by atoms with Crippen LogP contribution in [-0.4, -0.2) is 18.1 Å². The minimum Gasteiger partial charge on any atom is -0.512 e. The number of aliphatic hydroxyl groups is 1. The average Bonchev–Trinajstić information content (AvgIpc) is 2.17. The van der Waals surface area contributed by atoms with Crippen LogP contribution >= 0.6 is 0 Å². The van der Waals surface area contributed by atoms with E-state index in [4.69, 9.17) is 9.84 Å². The molecular formula is C11H13NO3. The van der Waals surface area contributed by atoms with E-state index in [1.807, 2.05) is 0 Å². The molecule has 80 valence electrons. The molecule has 0 heterocycles. The topological polar surface area (TPSA) is 58.6 Å². The Morgan fingerprint density at radius 1 is 1.40 bits per heavy atom. The third-order valence-electron chi connectivity index (χ3n) is 1.70. The number of aliphatic hydroxyl groups excluding tert-OH is 1. The van der Waals surface area contributed by atoms with Crippen LogP contribution in [0, 0.1) is 0 Å². The SMILES string of the molecule is COc1ccc(NC(=O)C=C(C)O)cc1. The van der Waals surface area contributed by atoms with Crippen LogP contribution in [0.4, 0.5) is 5.69 Å². The largest absolute Gasteiger partial charge is 0.512 e. The predicted molar refractivity (Wildman–Crippen MR) is 58.0 cm³/mol. The Bertz CT molecular complexity index is 364. The summed E-state index contributed by atoms with van der Waals surface area (Å²) in [6.45, 7) is 1.44. The second-order valence-electron chi connectivity index (χ2n) is 3.00. The standard InChI is InChI=1S/C11H13NO3/c1-8(13)7-11(14)12-9-3-5-10(15-2)6-4-9/h3-7,13H,1-2H3,(H,12,14). The van der Waals surface area contributed by atoms with Gasteiger partial charge in [0.1, 0.15) is 5.75 Å². The van der Waals surface area contributed by atoms with Crippen LogP contribution in [0.2, 0.25) is 0 Å². The number of ether oxygens (including phenoxy) is 1. The van der Waals surface area contributed by atoms with Crippen molar-refractivity contribution >= 4 is 11.6 Å². The van der Waals surface area contributed by atoms with E-state index in [0.29, 0.717) is 5.69 Å². The lowest BCUT2D eigenvalue weighted by Gasteiger charge is -2.03. The molecule has 0 aliphatic carbocycles. The normalized spacial score (nSPS) is 10.9. The maximum absolute atomic E-state index is 11.2. The van der Waals surface area contributed by atoms with Crippen LogP contribution in [0.3, 0.4) is 0 Å². The number of amides is 1. The second-order valence-corrected chi connectivity index (χ2v) is 3.00. The van der Waals surface area contributed by atoms with Gasteiger partial charge >= 0.3 is 0 Å². The summed E-state index contributed by atoms with van der Waals surface area (Å²) in [6.07, 6.45) is 1.12. The fraction of sp³-hybridized carbons (Fsp3) is 0.182. The van der Waals surface area contributed by atoms with E-state index in [0.717, 1.165) is 11.8 Å². The third-order valence-corrected chi connectivity index (χ3v) is 1.70. The van der Waals surface area contributed by atoms with Crippen LogP contribution in [0.1, 0.15) is 6.92 Å². The quantitative estimate of drug-likeness (QED) is 0.589. The molecular weight excluding hydrogens is 194 g/mol. The van der Waals surface area contributed by atoms with Crippen molar-refractivity contribution < 1.29 is 14.6 Å². The minimum atomic E-state index is -0.361. The summed E-state index contributed by atoms with van der Waals surface area (Å²) in [5.41, 5.74) is 0.651. The number of methoxy groups -OCH3 is 1. The van der Waals surface area contributed by atoms with Crippen molar-refractivity contribution in [2.45, 2.75) is 6.92 Å². The first-order chi connectivity index (χ1) is 7.11. The number of carbonyl (C=O) groups is 1. The summed E-state index contributed by atoms with van der Waals surface area (Å²) in [7, 11) is 1.57. The molecule has 2 N–H and O–H groups in total. The monoisotopic (exact) mass is 207 g/mol. The maximum Gasteiger partial charge on any atom is 0.251 e. The molecule has 0 radical (unpaired) electrons. The molecule has 0 fully saturated rings. The lowest BCUT2D eigenvalue weighted by atomic mass is 10.3. The summed E-state index contributed by atoms with van der Waals surface area (Å²) in [5.74, 6) is 0.336. The van der Waals surface area contributed by atoms with E-state index < -0.39 is 0 Å². The number of allylic oxidation sites excluding steroid dienone is 1. The van der Waals surface area contributed by atoms with Gasteiger partial charge in [-0.1, -0.05) is 0 Å². The Labute approximate surface area is 88.2 Å². The fourth-order valence-corrected chi connectivity index (χ4v) is 1.04. The molecule has 15 heavy (non-hydrogen) atoms. The van der Waals surface area contributed by atoms with E-state index in [9.17, 15) is 4.79 Å². The first kappa shape index (κ1) is 11.1. The molecule has 1 amide bonds. The average molecular weight is 207 g/mol. The van der Waals surface area contributed by atoms with Gasteiger partial charge in [0, 0.05) is 11.8 Å². The smallest absolute Gasteiger partial charge is 0.251 e. The molecule has 4 heteroatoms. The number of anilines is 1. The van der Waals surface area contributed by atoms with Crippen molar-refractivity contribution in [1.82, 2.24) is 0 Å². The molecule has 0 atom stereocenters. The van der Waals surface area contributed by atoms with Gasteiger partial charge in [0.15, 0.2) is 0 Å². The Morgan fingerprint density at radius 2 is 2.00 bits per heavy atom. The van der Waals surface area contributed by atoms with Crippen LogP contribution in [-0.2, 0) is 4.79 Å². The van der Waals surface area contributed by atoms with Crippen molar-refractivity contribution in [1.29, 1.82) is 0 Å². The van der Waals surface area contributed by atoms with Gasteiger partial charge in [0.2, 0.25) is 0 Å². The molecule has 1 aromatic carbocycles. The molecule has 4 nitrogen and oxygen atoms in total. The molecule has 1 rings (SSSR count). The first-order valence-corrected chi connectivity index (χ1v) is 4.44. The summed E-state index contributed by atoms with van der Waals surface area (Å²) in [5, 5.41) is 11.5. The number of carbonyl (C=O) groups excluding carboxylic acids is 1. The molecule has 0 unspecified atom stereocenters. The van der Waals surface area contributed by atoms with Crippen molar-refractivity contribution in [3.63, 3.8) is 0 Å². The highest BCUT2D eigenvalue weighted by Crippen LogP contribution is 2.14. The van der Waals surface area contributed by atoms with Gasteiger partial charge < -0.3 is 15.2 Å². The van der Waals surface area contributed by atoms with Crippen LogP contribution in [0.5, 0.6) is 5.75 Å². The molecule has 0 spiro atoms. The minimum absolute atomic E-state index is 0.0268. The van der Waals surface area contributed by atoms with Gasteiger partial charge in [-0.15, -0.1) is 0 Å². The molecule has 0 aromatic heterocycles. The highest BCUT2D eigenvalue weighted by Gasteiger charge is 1.99. The van der Waals surface area contributed by atoms with Gasteiger partial charge in [0.05, 0.1) is 12.9 Å². The molecule has 0 bridgehead atoms. The van der Waals surface area contributed by atoms with E-state index in [1.54, 1.807) is 31.4 Å². The Morgan fingerprint density at radius 3 is 2.47 bits per heavy atom. The number of rotatable bonds is 3. The molecule has 0 aliphatic heterocycles. The number of nitrogens with one attached hydrogen (secondary N) is 1. The van der Waals surface area contributed by atoms with Crippen molar-refractivity contribution in [2.24, 2.45) is 0 Å². The summed E-state index contributed by atoms with van der Waals surface area (Å²) >= 11 is 0. The maximum atomic E-state index is 11.2. The van der Waals surface area contributed by atoms with Gasteiger partial charge in [0.25, 0.3) is 5.91 Å². The lowest BCUT2D eigenvalue weighted by molar-refractivity contribution is -0.112. The van der Waals surface area contributed by atoms with Gasteiger partial charge in [-0.25, -0.2) is 0 Å². The zero-order valence-corrected chi connectivity index (χ0v) is 8.65. The van der Waals surface area contributed by atoms with Crippen molar-refractivity contribution in [3.8, 4) is 5.75 Å². The lowest BCUT2D eigenvalue weighted by Crippen LogP contribution is -2.08. The van der Waals surface area contributed by atoms with Crippen molar-refractivity contribution in [2.75, 3.05) is 12.4 Å². The van der Waals surface area contributed by atoms with E-state index in [1.165, 1.54) is 6.92 Å². The Kier molecular flexibility index (Phi) is 3.74. The van der Waals surface area contributed by atoms with Gasteiger partial charge in [-0.05, 0) is 31.2 Å². The van der Waals surface area contributed by atoms with Crippen LogP contribution < -0.4 is 10.1 Å². The highest BCUT2D eigenvalue weighted by atomic mass is 16.5. The highest BCUT2D eigenvalue weighted by molar-refractivity contribution is 5.99. The van der Waals surface area contributed by atoms with Gasteiger partial charge in [-0.2, -0.15) is 0 Å². The summed E-state index contributed by atoms with van der Waals surface area (Å²) in [4.78, 5) is 11.2. The zero-order valence-electron chi connectivity index (χ0n) is 8.65. The van der Waals surface area contributed by atoms with Crippen LogP contribution in [0.25, 0.3) is 0 Å². The third kappa shape index (κ3) is 3.72. The number of benzene rings is 1. The zero-order chi connectivity index (χ0) is 11.3. The molecule has 0 saturated heterocycles. The Balaban J connectivity index is 2.65. The summed E-state index contributed by atoms with van der Waals surface area (Å²) < 4.78 is 4.97.